The summed E-state index contributed by atoms with van der Waals surface area (Å²) in [7, 11) is 0. The van der Waals surface area contributed by atoms with Gasteiger partial charge in [-0.1, -0.05) is 27.7 Å². The van der Waals surface area contributed by atoms with Crippen LogP contribution >= 0.6 is 0 Å². The third-order valence-corrected chi connectivity index (χ3v) is 2.82. The molecule has 0 aliphatic rings. The summed E-state index contributed by atoms with van der Waals surface area (Å²) < 4.78 is 0. The smallest absolute Gasteiger partial charge is 0.236 e. The van der Waals surface area contributed by atoms with Gasteiger partial charge in [0.05, 0.1) is 12.1 Å². The first-order valence-electron chi connectivity index (χ1n) is 6.53. The number of carbonyl (C=O) groups excluding carboxylic acids is 1. The Kier molecular flexibility index (Phi) is 8.17. The largest absolute Gasteiger partial charge is 0.392 e. The van der Waals surface area contributed by atoms with Gasteiger partial charge in [0, 0.05) is 13.1 Å². The van der Waals surface area contributed by atoms with Crippen LogP contribution in [0.25, 0.3) is 0 Å². The first-order chi connectivity index (χ1) is 7.84. The lowest BCUT2D eigenvalue weighted by molar-refractivity contribution is -0.122. The summed E-state index contributed by atoms with van der Waals surface area (Å²) in [5, 5.41) is 15.5. The van der Waals surface area contributed by atoms with Gasteiger partial charge in [-0.15, -0.1) is 0 Å². The first kappa shape index (κ1) is 16.4. The fraction of sp³-hybridized carbons (Fsp3) is 0.923. The molecule has 2 atom stereocenters. The van der Waals surface area contributed by atoms with Crippen LogP contribution in [0.4, 0.5) is 0 Å². The maximum atomic E-state index is 11.7. The van der Waals surface area contributed by atoms with E-state index in [-0.39, 0.29) is 17.9 Å². The molecule has 0 spiro atoms. The van der Waals surface area contributed by atoms with Crippen LogP contribution in [0.1, 0.15) is 41.0 Å². The standard InChI is InChI=1S/C13H28N2O2/c1-9(2)6-7-14-13(17)11(5)15-8-12(16)10(3)4/h9-12,15-16H,6-8H2,1-5H3,(H,14,17). The Labute approximate surface area is 105 Å². The molecule has 0 fully saturated rings. The average Bonchev–Trinajstić information content (AvgIpc) is 2.24. The summed E-state index contributed by atoms with van der Waals surface area (Å²) in [5.41, 5.74) is 0. The van der Waals surface area contributed by atoms with Gasteiger partial charge in [0.25, 0.3) is 0 Å². The minimum Gasteiger partial charge on any atom is -0.392 e. The van der Waals surface area contributed by atoms with Gasteiger partial charge in [-0.3, -0.25) is 4.79 Å². The molecule has 17 heavy (non-hydrogen) atoms. The molecule has 0 rings (SSSR count). The van der Waals surface area contributed by atoms with Gasteiger partial charge in [-0.05, 0) is 25.2 Å². The Hall–Kier alpha value is -0.610. The van der Waals surface area contributed by atoms with Crippen LogP contribution < -0.4 is 10.6 Å². The Morgan fingerprint density at radius 2 is 1.76 bits per heavy atom. The van der Waals surface area contributed by atoms with Crippen LogP contribution in [0, 0.1) is 11.8 Å². The SMILES string of the molecule is CC(C)CCNC(=O)C(C)NCC(O)C(C)C. The Bertz CT molecular complexity index is 217. The highest BCUT2D eigenvalue weighted by atomic mass is 16.3. The maximum absolute atomic E-state index is 11.7. The molecule has 0 saturated carbocycles. The third-order valence-electron chi connectivity index (χ3n) is 2.82. The molecule has 0 aromatic heterocycles. The predicted molar refractivity (Wildman–Crippen MR) is 70.8 cm³/mol. The van der Waals surface area contributed by atoms with Gasteiger partial charge in [0.15, 0.2) is 0 Å². The predicted octanol–water partition coefficient (Wildman–Crippen LogP) is 1.14. The molecule has 0 heterocycles. The third kappa shape index (κ3) is 8.16. The highest BCUT2D eigenvalue weighted by molar-refractivity contribution is 5.81. The molecule has 2 unspecified atom stereocenters. The number of hydrogen-bond donors (Lipinski definition) is 3. The van der Waals surface area contributed by atoms with E-state index in [1.165, 1.54) is 0 Å². The van der Waals surface area contributed by atoms with Crippen molar-refractivity contribution in [2.75, 3.05) is 13.1 Å². The van der Waals surface area contributed by atoms with Crippen LogP contribution in [0.5, 0.6) is 0 Å². The Morgan fingerprint density at radius 1 is 1.18 bits per heavy atom. The number of carbonyl (C=O) groups is 1. The molecule has 0 aliphatic heterocycles. The summed E-state index contributed by atoms with van der Waals surface area (Å²) in [4.78, 5) is 11.7. The molecule has 3 N–H and O–H groups in total. The first-order valence-corrected chi connectivity index (χ1v) is 6.53. The van der Waals surface area contributed by atoms with E-state index in [0.29, 0.717) is 12.5 Å². The molecule has 0 radical (unpaired) electrons. The topological polar surface area (TPSA) is 61.4 Å². The second-order valence-electron chi connectivity index (χ2n) is 5.41. The number of hydrogen-bond acceptors (Lipinski definition) is 3. The Balaban J connectivity index is 3.74. The second kappa shape index (κ2) is 8.48. The lowest BCUT2D eigenvalue weighted by atomic mass is 10.1. The highest BCUT2D eigenvalue weighted by Gasteiger charge is 2.15. The van der Waals surface area contributed by atoms with E-state index in [1.807, 2.05) is 20.8 Å². The molecule has 0 saturated heterocycles. The molecule has 1 amide bonds. The molecule has 4 heteroatoms. The lowest BCUT2D eigenvalue weighted by Gasteiger charge is -2.19. The van der Waals surface area contributed by atoms with Crippen molar-refractivity contribution in [3.8, 4) is 0 Å². The molecule has 4 nitrogen and oxygen atoms in total. The van der Waals surface area contributed by atoms with Crippen LogP contribution in [0.15, 0.2) is 0 Å². The van der Waals surface area contributed by atoms with Gasteiger partial charge >= 0.3 is 0 Å². The van der Waals surface area contributed by atoms with Gasteiger partial charge in [0.1, 0.15) is 0 Å². The summed E-state index contributed by atoms with van der Waals surface area (Å²) in [6.07, 6.45) is 0.591. The minimum absolute atomic E-state index is 0.00149. The average molecular weight is 244 g/mol. The van der Waals surface area contributed by atoms with Crippen molar-refractivity contribution >= 4 is 5.91 Å². The van der Waals surface area contributed by atoms with E-state index >= 15 is 0 Å². The number of amides is 1. The van der Waals surface area contributed by atoms with E-state index in [0.717, 1.165) is 13.0 Å². The van der Waals surface area contributed by atoms with E-state index in [2.05, 4.69) is 24.5 Å². The zero-order valence-corrected chi connectivity index (χ0v) is 11.8. The Morgan fingerprint density at radius 3 is 2.24 bits per heavy atom. The van der Waals surface area contributed by atoms with Gasteiger partial charge in [-0.2, -0.15) is 0 Å². The fourth-order valence-corrected chi connectivity index (χ4v) is 1.26. The molecule has 0 bridgehead atoms. The van der Waals surface area contributed by atoms with E-state index in [9.17, 15) is 9.90 Å². The molecular weight excluding hydrogens is 216 g/mol. The maximum Gasteiger partial charge on any atom is 0.236 e. The summed E-state index contributed by atoms with van der Waals surface area (Å²) in [6.45, 7) is 11.2. The number of rotatable bonds is 8. The zero-order chi connectivity index (χ0) is 13.4. The number of nitrogens with one attached hydrogen (secondary N) is 2. The lowest BCUT2D eigenvalue weighted by Crippen LogP contribution is -2.45. The molecule has 102 valence electrons. The van der Waals surface area contributed by atoms with Crippen molar-refractivity contribution in [3.05, 3.63) is 0 Å². The van der Waals surface area contributed by atoms with E-state index < -0.39 is 6.10 Å². The molecule has 0 aliphatic carbocycles. The van der Waals surface area contributed by atoms with Gasteiger partial charge in [0.2, 0.25) is 5.91 Å². The van der Waals surface area contributed by atoms with Crippen molar-refractivity contribution in [1.29, 1.82) is 0 Å². The monoisotopic (exact) mass is 244 g/mol. The second-order valence-corrected chi connectivity index (χ2v) is 5.41. The normalized spacial score (nSPS) is 15.1. The summed E-state index contributed by atoms with van der Waals surface area (Å²) >= 11 is 0. The van der Waals surface area contributed by atoms with E-state index in [4.69, 9.17) is 0 Å². The molecule has 0 aromatic rings. The zero-order valence-electron chi connectivity index (χ0n) is 11.8. The highest BCUT2D eigenvalue weighted by Crippen LogP contribution is 2.00. The number of aliphatic hydroxyl groups excluding tert-OH is 1. The van der Waals surface area contributed by atoms with Crippen LogP contribution in [0.2, 0.25) is 0 Å². The van der Waals surface area contributed by atoms with Crippen molar-refractivity contribution in [3.63, 3.8) is 0 Å². The summed E-state index contributed by atoms with van der Waals surface area (Å²) in [6, 6.07) is -0.254. The van der Waals surface area contributed by atoms with Crippen LogP contribution in [-0.4, -0.2) is 36.2 Å². The van der Waals surface area contributed by atoms with Gasteiger partial charge in [-0.25, -0.2) is 0 Å². The van der Waals surface area contributed by atoms with Crippen LogP contribution in [0.3, 0.4) is 0 Å². The minimum atomic E-state index is -0.402. The quantitative estimate of drug-likeness (QED) is 0.600. The van der Waals surface area contributed by atoms with Crippen LogP contribution in [-0.2, 0) is 4.79 Å². The van der Waals surface area contributed by atoms with Crippen molar-refractivity contribution < 1.29 is 9.90 Å². The number of aliphatic hydroxyl groups is 1. The molecular formula is C13H28N2O2. The van der Waals surface area contributed by atoms with E-state index in [1.54, 1.807) is 0 Å². The summed E-state index contributed by atoms with van der Waals surface area (Å²) in [5.74, 6) is 0.807. The fourth-order valence-electron chi connectivity index (χ4n) is 1.26. The molecule has 0 aromatic carbocycles. The van der Waals surface area contributed by atoms with Crippen molar-refractivity contribution in [2.24, 2.45) is 11.8 Å². The van der Waals surface area contributed by atoms with Gasteiger partial charge < -0.3 is 15.7 Å². The van der Waals surface area contributed by atoms with Crippen molar-refractivity contribution in [2.45, 2.75) is 53.2 Å². The van der Waals surface area contributed by atoms with Crippen molar-refractivity contribution in [1.82, 2.24) is 10.6 Å².